The van der Waals surface area contributed by atoms with Crippen molar-refractivity contribution in [3.8, 4) is 0 Å². The van der Waals surface area contributed by atoms with Crippen LogP contribution in [0.25, 0.3) is 0 Å². The number of benzene rings is 1. The van der Waals surface area contributed by atoms with Gasteiger partial charge < -0.3 is 5.11 Å². The Kier molecular flexibility index (Phi) is 15.3. The largest absolute Gasteiger partial charge is 0.387 e. The van der Waals surface area contributed by atoms with E-state index in [1.54, 1.807) is 0 Å². The quantitative estimate of drug-likeness (QED) is 0.710. The van der Waals surface area contributed by atoms with Crippen molar-refractivity contribution in [1.29, 1.82) is 0 Å². The highest BCUT2D eigenvalue weighted by atomic mass is 19.3. The molecule has 1 aromatic carbocycles. The van der Waals surface area contributed by atoms with Gasteiger partial charge in [0.15, 0.2) is 0 Å². The van der Waals surface area contributed by atoms with Crippen molar-refractivity contribution in [3.63, 3.8) is 0 Å². The second kappa shape index (κ2) is 14.5. The fourth-order valence-electron chi connectivity index (χ4n) is 1.91. The SMILES string of the molecule is CC.CC.CN(F)Cc1ccccc1.OC1CCCCC1(F)F. The molecule has 1 aliphatic carbocycles. The zero-order valence-electron chi connectivity index (χ0n) is 15.0. The van der Waals surface area contributed by atoms with Gasteiger partial charge in [-0.05, 0) is 18.4 Å². The maximum Gasteiger partial charge on any atom is 0.273 e. The summed E-state index contributed by atoms with van der Waals surface area (Å²) in [5, 5.41) is 9.35. The summed E-state index contributed by atoms with van der Waals surface area (Å²) in [6.07, 6.45) is 0.00775. The first-order valence-electron chi connectivity index (χ1n) is 8.38. The van der Waals surface area contributed by atoms with E-state index in [1.807, 2.05) is 58.0 Å². The third-order valence-electron chi connectivity index (χ3n) is 2.97. The molecule has 0 heterocycles. The molecule has 0 amide bonds. The van der Waals surface area contributed by atoms with E-state index < -0.39 is 12.0 Å². The van der Waals surface area contributed by atoms with Gasteiger partial charge in [0.1, 0.15) is 6.10 Å². The first-order chi connectivity index (χ1) is 10.9. The summed E-state index contributed by atoms with van der Waals surface area (Å²) in [5.41, 5.74) is 0.993. The number of alkyl halides is 2. The van der Waals surface area contributed by atoms with E-state index in [4.69, 9.17) is 5.11 Å². The van der Waals surface area contributed by atoms with Crippen molar-refractivity contribution in [1.82, 2.24) is 5.12 Å². The Morgan fingerprint density at radius 3 is 1.96 bits per heavy atom. The zero-order valence-corrected chi connectivity index (χ0v) is 15.0. The number of halogens is 3. The molecule has 1 saturated carbocycles. The summed E-state index contributed by atoms with van der Waals surface area (Å²) in [7, 11) is 1.41. The van der Waals surface area contributed by atoms with E-state index in [0.717, 1.165) is 12.0 Å². The van der Waals surface area contributed by atoms with Crippen LogP contribution in [0.3, 0.4) is 0 Å². The van der Waals surface area contributed by atoms with Crippen LogP contribution in [0.4, 0.5) is 13.3 Å². The molecule has 0 radical (unpaired) electrons. The minimum absolute atomic E-state index is 0.145. The Labute approximate surface area is 139 Å². The molecule has 136 valence electrons. The molecule has 1 fully saturated rings. The molecule has 0 aliphatic heterocycles. The fraction of sp³-hybridized carbons (Fsp3) is 0.667. The lowest BCUT2D eigenvalue weighted by Crippen LogP contribution is -2.36. The highest BCUT2D eigenvalue weighted by molar-refractivity contribution is 5.13. The molecule has 0 saturated heterocycles. The Morgan fingerprint density at radius 2 is 1.61 bits per heavy atom. The van der Waals surface area contributed by atoms with Crippen LogP contribution >= 0.6 is 0 Å². The summed E-state index contributed by atoms with van der Waals surface area (Å²) in [6, 6.07) is 9.52. The van der Waals surface area contributed by atoms with Crippen LogP contribution < -0.4 is 0 Å². The lowest BCUT2D eigenvalue weighted by molar-refractivity contribution is -0.130. The van der Waals surface area contributed by atoms with Crippen molar-refractivity contribution in [3.05, 3.63) is 35.9 Å². The second-order valence-electron chi connectivity index (χ2n) is 4.77. The van der Waals surface area contributed by atoms with Gasteiger partial charge in [0.05, 0.1) is 6.54 Å². The van der Waals surface area contributed by atoms with Gasteiger partial charge in [0.2, 0.25) is 0 Å². The lowest BCUT2D eigenvalue weighted by Gasteiger charge is -2.26. The summed E-state index contributed by atoms with van der Waals surface area (Å²) in [5.74, 6) is -2.81. The van der Waals surface area contributed by atoms with Crippen LogP contribution in [-0.2, 0) is 6.54 Å². The third-order valence-corrected chi connectivity index (χ3v) is 2.97. The lowest BCUT2D eigenvalue weighted by atomic mass is 9.94. The molecule has 1 aliphatic rings. The van der Waals surface area contributed by atoms with Crippen LogP contribution in [-0.4, -0.2) is 29.3 Å². The molecular weight excluding hydrogens is 303 g/mol. The fourth-order valence-corrected chi connectivity index (χ4v) is 1.91. The predicted octanol–water partition coefficient (Wildman–Crippen LogP) is 5.61. The number of aliphatic hydroxyl groups excluding tert-OH is 1. The molecule has 0 spiro atoms. The van der Waals surface area contributed by atoms with Crippen molar-refractivity contribution in [2.75, 3.05) is 7.05 Å². The summed E-state index contributed by atoms with van der Waals surface area (Å²) >= 11 is 0. The van der Waals surface area contributed by atoms with E-state index in [-0.39, 0.29) is 12.8 Å². The van der Waals surface area contributed by atoms with Crippen molar-refractivity contribution in [2.45, 2.75) is 71.9 Å². The molecular formula is C18H32F3NO. The van der Waals surface area contributed by atoms with Gasteiger partial charge in [-0.2, -0.15) is 0 Å². The van der Waals surface area contributed by atoms with Crippen LogP contribution in [0.1, 0.15) is 58.9 Å². The van der Waals surface area contributed by atoms with Gasteiger partial charge in [-0.15, -0.1) is 9.60 Å². The van der Waals surface area contributed by atoms with E-state index >= 15 is 0 Å². The molecule has 5 heteroatoms. The van der Waals surface area contributed by atoms with Gasteiger partial charge >= 0.3 is 0 Å². The molecule has 1 aromatic rings. The number of hydrogen-bond acceptors (Lipinski definition) is 2. The van der Waals surface area contributed by atoms with E-state index in [0.29, 0.717) is 18.1 Å². The number of hydrogen-bond donors (Lipinski definition) is 1. The summed E-state index contributed by atoms with van der Waals surface area (Å²) in [4.78, 5) is 0. The monoisotopic (exact) mass is 335 g/mol. The van der Waals surface area contributed by atoms with Gasteiger partial charge in [-0.25, -0.2) is 8.78 Å². The maximum absolute atomic E-state index is 12.3. The molecule has 0 aromatic heterocycles. The minimum Gasteiger partial charge on any atom is -0.387 e. The first kappa shape index (κ1) is 24.2. The van der Waals surface area contributed by atoms with Crippen molar-refractivity contribution < 1.29 is 18.4 Å². The normalized spacial score (nSPS) is 18.4. The van der Waals surface area contributed by atoms with Gasteiger partial charge in [-0.3, -0.25) is 0 Å². The number of aliphatic hydroxyl groups is 1. The van der Waals surface area contributed by atoms with Crippen LogP contribution in [0, 0.1) is 0 Å². The van der Waals surface area contributed by atoms with Crippen molar-refractivity contribution in [2.24, 2.45) is 0 Å². The first-order valence-corrected chi connectivity index (χ1v) is 8.38. The Hall–Kier alpha value is -1.07. The Morgan fingerprint density at radius 1 is 1.09 bits per heavy atom. The second-order valence-corrected chi connectivity index (χ2v) is 4.77. The average Bonchev–Trinajstić information content (AvgIpc) is 2.55. The van der Waals surface area contributed by atoms with Gasteiger partial charge in [-0.1, -0.05) is 64.4 Å². The van der Waals surface area contributed by atoms with Crippen LogP contribution in [0.15, 0.2) is 30.3 Å². The highest BCUT2D eigenvalue weighted by Gasteiger charge is 2.39. The summed E-state index contributed by atoms with van der Waals surface area (Å²) in [6.45, 7) is 8.36. The standard InChI is InChI=1S/C8H10FN.C6H10F2O.2C2H6/c1-10(9)7-8-5-3-2-4-6-8;7-6(8)4-2-1-3-5(6)9;2*1-2/h2-6H,7H2,1H3;5,9H,1-4H2;2*1-2H3. The molecule has 1 N–H and O–H groups in total. The molecule has 0 bridgehead atoms. The summed E-state index contributed by atoms with van der Waals surface area (Å²) < 4.78 is 36.9. The number of nitrogens with zero attached hydrogens (tertiary/aromatic N) is 1. The van der Waals surface area contributed by atoms with E-state index in [9.17, 15) is 13.3 Å². The smallest absolute Gasteiger partial charge is 0.273 e. The third kappa shape index (κ3) is 12.1. The maximum atomic E-state index is 12.3. The number of rotatable bonds is 2. The predicted molar refractivity (Wildman–Crippen MR) is 91.1 cm³/mol. The minimum atomic E-state index is -2.81. The topological polar surface area (TPSA) is 23.5 Å². The zero-order chi connectivity index (χ0) is 18.3. The van der Waals surface area contributed by atoms with Gasteiger partial charge in [0.25, 0.3) is 5.92 Å². The average molecular weight is 335 g/mol. The van der Waals surface area contributed by atoms with Crippen LogP contribution in [0.2, 0.25) is 0 Å². The molecule has 2 nitrogen and oxygen atoms in total. The molecule has 23 heavy (non-hydrogen) atoms. The van der Waals surface area contributed by atoms with E-state index in [1.165, 1.54) is 7.05 Å². The van der Waals surface area contributed by atoms with Crippen molar-refractivity contribution >= 4 is 0 Å². The Bertz CT molecular complexity index is 359. The molecule has 2 rings (SSSR count). The highest BCUT2D eigenvalue weighted by Crippen LogP contribution is 2.32. The molecule has 1 atom stereocenters. The van der Waals surface area contributed by atoms with E-state index in [2.05, 4.69) is 0 Å². The van der Waals surface area contributed by atoms with Gasteiger partial charge in [0, 0.05) is 13.5 Å². The molecule has 1 unspecified atom stereocenters. The van der Waals surface area contributed by atoms with Crippen LogP contribution in [0.5, 0.6) is 0 Å². The Balaban J connectivity index is 0.